The van der Waals surface area contributed by atoms with E-state index in [1.807, 2.05) is 6.07 Å². The number of carbonyl (C=O) groups is 2. The Hall–Kier alpha value is -3.55. The average Bonchev–Trinajstić information content (AvgIpc) is 2.61. The van der Waals surface area contributed by atoms with Crippen molar-refractivity contribution in [2.45, 2.75) is 12.8 Å². The molecule has 8 nitrogen and oxygen atoms in total. The number of hydrazone groups is 1. The van der Waals surface area contributed by atoms with Crippen molar-refractivity contribution < 1.29 is 14.5 Å². The summed E-state index contributed by atoms with van der Waals surface area (Å²) in [7, 11) is 0. The van der Waals surface area contributed by atoms with Gasteiger partial charge in [0.1, 0.15) is 0 Å². The van der Waals surface area contributed by atoms with Gasteiger partial charge in [0.25, 0.3) is 5.69 Å². The fraction of sp³-hybridized carbons (Fsp3) is 0.118. The third-order valence-corrected chi connectivity index (χ3v) is 3.12. The standard InChI is InChI=1S/C17H16N4O4/c22-16(19-14-6-2-1-3-7-14)9-10-17(23)20-18-12-13-5-4-8-15(11-13)21(24)25/h1-8,11-12H,9-10H2,(H,19,22)(H,20,23). The highest BCUT2D eigenvalue weighted by Crippen LogP contribution is 2.11. The van der Waals surface area contributed by atoms with Crippen molar-refractivity contribution in [2.75, 3.05) is 5.32 Å². The van der Waals surface area contributed by atoms with Gasteiger partial charge in [-0.3, -0.25) is 19.7 Å². The second kappa shape index (κ2) is 8.92. The number of hydrogen-bond acceptors (Lipinski definition) is 5. The van der Waals surface area contributed by atoms with E-state index in [4.69, 9.17) is 0 Å². The second-order valence-corrected chi connectivity index (χ2v) is 5.06. The number of rotatable bonds is 7. The molecule has 0 unspecified atom stereocenters. The molecule has 2 aromatic rings. The van der Waals surface area contributed by atoms with E-state index in [1.54, 1.807) is 30.3 Å². The molecular formula is C17H16N4O4. The number of carbonyl (C=O) groups excluding carboxylic acids is 2. The highest BCUT2D eigenvalue weighted by molar-refractivity contribution is 5.93. The van der Waals surface area contributed by atoms with Crippen molar-refractivity contribution >= 4 is 29.4 Å². The summed E-state index contributed by atoms with van der Waals surface area (Å²) in [6, 6.07) is 14.8. The van der Waals surface area contributed by atoms with Crippen LogP contribution in [-0.2, 0) is 9.59 Å². The lowest BCUT2D eigenvalue weighted by atomic mass is 10.2. The molecule has 2 aromatic carbocycles. The molecule has 8 heteroatoms. The SMILES string of the molecule is O=C(CCC(=O)Nc1ccccc1)NN=Cc1cccc([N+](=O)[O-])c1. The second-order valence-electron chi connectivity index (χ2n) is 5.06. The molecule has 0 spiro atoms. The summed E-state index contributed by atoms with van der Waals surface area (Å²) in [5.41, 5.74) is 3.36. The van der Waals surface area contributed by atoms with Crippen molar-refractivity contribution in [3.63, 3.8) is 0 Å². The first kappa shape index (κ1) is 17.8. The number of anilines is 1. The molecule has 0 bridgehead atoms. The summed E-state index contributed by atoms with van der Waals surface area (Å²) < 4.78 is 0. The Bertz CT molecular complexity index is 790. The Balaban J connectivity index is 1.76. The summed E-state index contributed by atoms with van der Waals surface area (Å²) in [5.74, 6) is -0.700. The van der Waals surface area contributed by atoms with Gasteiger partial charge in [0, 0.05) is 36.2 Å². The van der Waals surface area contributed by atoms with Gasteiger partial charge in [0.05, 0.1) is 11.1 Å². The van der Waals surface area contributed by atoms with Crippen LogP contribution >= 0.6 is 0 Å². The Morgan fingerprint density at radius 2 is 1.76 bits per heavy atom. The van der Waals surface area contributed by atoms with E-state index in [9.17, 15) is 19.7 Å². The van der Waals surface area contributed by atoms with Crippen molar-refractivity contribution in [1.29, 1.82) is 0 Å². The summed E-state index contributed by atoms with van der Waals surface area (Å²) in [6.45, 7) is 0. The zero-order valence-electron chi connectivity index (χ0n) is 13.2. The van der Waals surface area contributed by atoms with Gasteiger partial charge in [-0.15, -0.1) is 0 Å². The number of nitrogens with zero attached hydrogens (tertiary/aromatic N) is 2. The molecular weight excluding hydrogens is 324 g/mol. The van der Waals surface area contributed by atoms with Gasteiger partial charge in [-0.1, -0.05) is 30.3 Å². The molecule has 0 aliphatic carbocycles. The maximum atomic E-state index is 11.7. The van der Waals surface area contributed by atoms with E-state index in [0.29, 0.717) is 11.3 Å². The molecule has 0 saturated heterocycles. The predicted molar refractivity (Wildman–Crippen MR) is 93.1 cm³/mol. The fourth-order valence-electron chi connectivity index (χ4n) is 1.93. The molecule has 2 amide bonds. The lowest BCUT2D eigenvalue weighted by Gasteiger charge is -2.04. The van der Waals surface area contributed by atoms with Gasteiger partial charge in [-0.05, 0) is 12.1 Å². The van der Waals surface area contributed by atoms with Gasteiger partial charge in [0.15, 0.2) is 0 Å². The largest absolute Gasteiger partial charge is 0.326 e. The van der Waals surface area contributed by atoms with Gasteiger partial charge in [-0.25, -0.2) is 5.43 Å². The normalized spacial score (nSPS) is 10.4. The minimum atomic E-state index is -0.513. The molecule has 0 aliphatic rings. The predicted octanol–water partition coefficient (Wildman–Crippen LogP) is 2.46. The van der Waals surface area contributed by atoms with E-state index in [-0.39, 0.29) is 24.4 Å². The minimum absolute atomic E-state index is 0.0209. The number of nitrogens with one attached hydrogen (secondary N) is 2. The number of benzene rings is 2. The highest BCUT2D eigenvalue weighted by atomic mass is 16.6. The monoisotopic (exact) mass is 340 g/mol. The maximum absolute atomic E-state index is 11.7. The summed E-state index contributed by atoms with van der Waals surface area (Å²) in [6.07, 6.45) is 1.30. The lowest BCUT2D eigenvalue weighted by Crippen LogP contribution is -2.20. The Morgan fingerprint density at radius 1 is 1.04 bits per heavy atom. The smallest absolute Gasteiger partial charge is 0.270 e. The van der Waals surface area contributed by atoms with Crippen LogP contribution in [0.4, 0.5) is 11.4 Å². The minimum Gasteiger partial charge on any atom is -0.326 e. The van der Waals surface area contributed by atoms with Crippen LogP contribution in [0, 0.1) is 10.1 Å². The zero-order valence-corrected chi connectivity index (χ0v) is 13.2. The van der Waals surface area contributed by atoms with Gasteiger partial charge in [0.2, 0.25) is 11.8 Å². The molecule has 25 heavy (non-hydrogen) atoms. The Kier molecular flexibility index (Phi) is 6.35. The van der Waals surface area contributed by atoms with Crippen molar-refractivity contribution in [3.8, 4) is 0 Å². The quantitative estimate of drug-likeness (QED) is 0.458. The van der Waals surface area contributed by atoms with E-state index in [0.717, 1.165) is 0 Å². The Labute approximate surface area is 143 Å². The van der Waals surface area contributed by atoms with Crippen LogP contribution < -0.4 is 10.7 Å². The highest BCUT2D eigenvalue weighted by Gasteiger charge is 2.07. The van der Waals surface area contributed by atoms with Crippen LogP contribution in [0.1, 0.15) is 18.4 Å². The average molecular weight is 340 g/mol. The molecule has 0 heterocycles. The third-order valence-electron chi connectivity index (χ3n) is 3.12. The van der Waals surface area contributed by atoms with E-state index in [2.05, 4.69) is 15.8 Å². The van der Waals surface area contributed by atoms with Crippen LogP contribution in [-0.4, -0.2) is 23.0 Å². The van der Waals surface area contributed by atoms with Crippen LogP contribution in [0.3, 0.4) is 0 Å². The first-order valence-corrected chi connectivity index (χ1v) is 7.46. The van der Waals surface area contributed by atoms with Gasteiger partial charge >= 0.3 is 0 Å². The van der Waals surface area contributed by atoms with Crippen molar-refractivity contribution in [3.05, 3.63) is 70.3 Å². The summed E-state index contributed by atoms with van der Waals surface area (Å²) in [4.78, 5) is 33.5. The molecule has 2 N–H and O–H groups in total. The third kappa shape index (κ3) is 6.22. The lowest BCUT2D eigenvalue weighted by molar-refractivity contribution is -0.384. The van der Waals surface area contributed by atoms with Crippen molar-refractivity contribution in [1.82, 2.24) is 5.43 Å². The number of amides is 2. The molecule has 0 atom stereocenters. The van der Waals surface area contributed by atoms with E-state index >= 15 is 0 Å². The fourth-order valence-corrected chi connectivity index (χ4v) is 1.93. The molecule has 128 valence electrons. The Morgan fingerprint density at radius 3 is 2.48 bits per heavy atom. The van der Waals surface area contributed by atoms with E-state index < -0.39 is 10.8 Å². The molecule has 0 fully saturated rings. The number of para-hydroxylation sites is 1. The maximum Gasteiger partial charge on any atom is 0.270 e. The molecule has 0 aliphatic heterocycles. The van der Waals surface area contributed by atoms with E-state index in [1.165, 1.54) is 24.4 Å². The molecule has 2 rings (SSSR count). The first-order chi connectivity index (χ1) is 12.0. The summed E-state index contributed by atoms with van der Waals surface area (Å²) in [5, 5.41) is 17.1. The van der Waals surface area contributed by atoms with Crippen LogP contribution in [0.15, 0.2) is 59.7 Å². The number of non-ortho nitro benzene ring substituents is 1. The van der Waals surface area contributed by atoms with Crippen LogP contribution in [0.5, 0.6) is 0 Å². The van der Waals surface area contributed by atoms with Gasteiger partial charge in [-0.2, -0.15) is 5.10 Å². The van der Waals surface area contributed by atoms with Gasteiger partial charge < -0.3 is 5.32 Å². The zero-order chi connectivity index (χ0) is 18.1. The molecule has 0 radical (unpaired) electrons. The van der Waals surface area contributed by atoms with Crippen LogP contribution in [0.25, 0.3) is 0 Å². The number of hydrogen-bond donors (Lipinski definition) is 2. The molecule has 0 aromatic heterocycles. The topological polar surface area (TPSA) is 114 Å². The number of nitro groups is 1. The van der Waals surface area contributed by atoms with Crippen LogP contribution in [0.2, 0.25) is 0 Å². The summed E-state index contributed by atoms with van der Waals surface area (Å²) >= 11 is 0. The number of nitro benzene ring substituents is 1. The molecule has 0 saturated carbocycles. The first-order valence-electron chi connectivity index (χ1n) is 7.46. The van der Waals surface area contributed by atoms with Crippen molar-refractivity contribution in [2.24, 2.45) is 5.10 Å².